The van der Waals surface area contributed by atoms with Gasteiger partial charge in [-0.1, -0.05) is 35.4 Å². The van der Waals surface area contributed by atoms with Gasteiger partial charge < -0.3 is 5.32 Å². The minimum atomic E-state index is -3.82. The second kappa shape index (κ2) is 8.41. The average Bonchev–Trinajstić information content (AvgIpc) is 2.69. The molecule has 6 nitrogen and oxygen atoms in total. The molecule has 0 bridgehead atoms. The van der Waals surface area contributed by atoms with Gasteiger partial charge in [-0.25, -0.2) is 8.42 Å². The van der Waals surface area contributed by atoms with Crippen molar-refractivity contribution in [2.24, 2.45) is 0 Å². The van der Waals surface area contributed by atoms with E-state index < -0.39 is 10.0 Å². The summed E-state index contributed by atoms with van der Waals surface area (Å²) in [7, 11) is -3.82. The average molecular weight is 416 g/mol. The molecule has 0 saturated carbocycles. The smallest absolute Gasteiger partial charge is 0.261 e. The lowest BCUT2D eigenvalue weighted by atomic mass is 10.2. The van der Waals surface area contributed by atoms with Gasteiger partial charge in [-0.05, 0) is 48.9 Å². The number of nitrogens with zero attached hydrogens (tertiary/aromatic N) is 1. The van der Waals surface area contributed by atoms with Crippen LogP contribution in [0.4, 0.5) is 5.69 Å². The number of pyridine rings is 1. The van der Waals surface area contributed by atoms with Crippen molar-refractivity contribution in [2.45, 2.75) is 18.4 Å². The Hall–Kier alpha value is -2.90. The normalized spacial score (nSPS) is 11.1. The first kappa shape index (κ1) is 19.9. The first-order valence-corrected chi connectivity index (χ1v) is 10.3. The van der Waals surface area contributed by atoms with E-state index in [0.29, 0.717) is 6.54 Å². The van der Waals surface area contributed by atoms with Crippen LogP contribution < -0.4 is 10.0 Å². The van der Waals surface area contributed by atoms with Crippen molar-refractivity contribution >= 4 is 33.2 Å². The van der Waals surface area contributed by atoms with E-state index in [1.807, 2.05) is 13.0 Å². The predicted molar refractivity (Wildman–Crippen MR) is 109 cm³/mol. The number of rotatable bonds is 6. The number of carbonyl (C=O) groups is 1. The number of hydrogen-bond donors (Lipinski definition) is 2. The van der Waals surface area contributed by atoms with Crippen molar-refractivity contribution in [1.29, 1.82) is 0 Å². The highest BCUT2D eigenvalue weighted by Crippen LogP contribution is 2.26. The van der Waals surface area contributed by atoms with Crippen molar-refractivity contribution in [2.75, 3.05) is 4.72 Å². The molecule has 144 valence electrons. The van der Waals surface area contributed by atoms with Gasteiger partial charge in [0.15, 0.2) is 0 Å². The first-order chi connectivity index (χ1) is 13.3. The van der Waals surface area contributed by atoms with Crippen LogP contribution in [0.3, 0.4) is 0 Å². The lowest BCUT2D eigenvalue weighted by Gasteiger charge is -2.12. The third-order valence-corrected chi connectivity index (χ3v) is 5.69. The molecule has 2 aromatic carbocycles. The van der Waals surface area contributed by atoms with Crippen LogP contribution in [-0.4, -0.2) is 19.3 Å². The van der Waals surface area contributed by atoms with Crippen LogP contribution in [0.1, 0.15) is 21.5 Å². The molecule has 3 aromatic rings. The van der Waals surface area contributed by atoms with Gasteiger partial charge >= 0.3 is 0 Å². The Balaban J connectivity index is 1.77. The number of hydrogen-bond acceptors (Lipinski definition) is 4. The van der Waals surface area contributed by atoms with Crippen molar-refractivity contribution in [3.63, 3.8) is 0 Å². The van der Waals surface area contributed by atoms with Crippen LogP contribution in [0, 0.1) is 6.92 Å². The van der Waals surface area contributed by atoms with Crippen LogP contribution in [0.15, 0.2) is 71.9 Å². The Morgan fingerprint density at radius 2 is 1.86 bits per heavy atom. The van der Waals surface area contributed by atoms with Gasteiger partial charge in [0.1, 0.15) is 0 Å². The minimum Gasteiger partial charge on any atom is -0.348 e. The Bertz CT molecular complexity index is 1090. The number of nitrogens with one attached hydrogen (secondary N) is 2. The zero-order valence-corrected chi connectivity index (χ0v) is 16.6. The summed E-state index contributed by atoms with van der Waals surface area (Å²) >= 11 is 6.13. The quantitative estimate of drug-likeness (QED) is 0.641. The summed E-state index contributed by atoms with van der Waals surface area (Å²) < 4.78 is 27.6. The summed E-state index contributed by atoms with van der Waals surface area (Å²) in [5.74, 6) is -0.351. The van der Waals surface area contributed by atoms with Crippen LogP contribution in [-0.2, 0) is 16.6 Å². The maximum atomic E-state index is 12.6. The Labute approximate surface area is 168 Å². The van der Waals surface area contributed by atoms with Crippen molar-refractivity contribution in [3.05, 3.63) is 88.7 Å². The molecule has 0 aliphatic heterocycles. The van der Waals surface area contributed by atoms with Crippen molar-refractivity contribution in [1.82, 2.24) is 10.3 Å². The number of carbonyl (C=O) groups excluding carboxylic acids is 1. The summed E-state index contributed by atoms with van der Waals surface area (Å²) in [4.78, 5) is 16.5. The molecule has 28 heavy (non-hydrogen) atoms. The third-order valence-electron chi connectivity index (χ3n) is 3.98. The monoisotopic (exact) mass is 415 g/mol. The summed E-state index contributed by atoms with van der Waals surface area (Å²) in [6.45, 7) is 2.17. The number of benzene rings is 2. The van der Waals surface area contributed by atoms with E-state index in [9.17, 15) is 13.2 Å². The summed E-state index contributed by atoms with van der Waals surface area (Å²) in [5, 5.41) is 2.96. The molecule has 0 unspecified atom stereocenters. The predicted octanol–water partition coefficient (Wildman–Crippen LogP) is 3.77. The van der Waals surface area contributed by atoms with Gasteiger partial charge in [0.25, 0.3) is 15.9 Å². The molecule has 2 N–H and O–H groups in total. The number of aryl methyl sites for hydroxylation is 1. The number of halogens is 1. The first-order valence-electron chi connectivity index (χ1n) is 8.41. The highest BCUT2D eigenvalue weighted by Gasteiger charge is 2.17. The Kier molecular flexibility index (Phi) is 5.96. The number of anilines is 1. The van der Waals surface area contributed by atoms with E-state index in [2.05, 4.69) is 15.0 Å². The lowest BCUT2D eigenvalue weighted by Crippen LogP contribution is -2.23. The summed E-state index contributed by atoms with van der Waals surface area (Å²) in [5.41, 5.74) is 2.22. The zero-order valence-electron chi connectivity index (χ0n) is 15.0. The Morgan fingerprint density at radius 1 is 1.11 bits per heavy atom. The van der Waals surface area contributed by atoms with E-state index >= 15 is 0 Å². The third kappa shape index (κ3) is 4.88. The van der Waals surface area contributed by atoms with Crippen LogP contribution >= 0.6 is 11.6 Å². The van der Waals surface area contributed by atoms with E-state index in [0.717, 1.165) is 11.1 Å². The fraction of sp³-hybridized carbons (Fsp3) is 0.100. The molecule has 1 amide bonds. The molecule has 1 aromatic heterocycles. The van der Waals surface area contributed by atoms with Gasteiger partial charge in [-0.3, -0.25) is 14.5 Å². The van der Waals surface area contributed by atoms with Gasteiger partial charge in [-0.15, -0.1) is 0 Å². The Morgan fingerprint density at radius 3 is 2.54 bits per heavy atom. The highest BCUT2D eigenvalue weighted by atomic mass is 35.5. The molecule has 0 radical (unpaired) electrons. The molecular formula is C20H18ClN3O3S. The zero-order chi connectivity index (χ0) is 20.1. The SMILES string of the molecule is Cc1ccc(S(=O)(=O)Nc2cc(C(=O)NCc3cccnc3)ccc2Cl)cc1. The van der Waals surface area contributed by atoms with Crippen molar-refractivity contribution < 1.29 is 13.2 Å². The molecule has 0 fully saturated rings. The van der Waals surface area contributed by atoms with E-state index in [1.54, 1.807) is 30.6 Å². The molecule has 0 spiro atoms. The van der Waals surface area contributed by atoms with Crippen molar-refractivity contribution in [3.8, 4) is 0 Å². The van der Waals surface area contributed by atoms with E-state index in [-0.39, 0.29) is 27.1 Å². The molecule has 0 atom stereocenters. The molecular weight excluding hydrogens is 398 g/mol. The van der Waals surface area contributed by atoms with Gasteiger partial charge in [0.2, 0.25) is 0 Å². The van der Waals surface area contributed by atoms with Crippen LogP contribution in [0.2, 0.25) is 5.02 Å². The minimum absolute atomic E-state index is 0.112. The second-order valence-electron chi connectivity index (χ2n) is 6.16. The number of sulfonamides is 1. The molecule has 3 rings (SSSR count). The van der Waals surface area contributed by atoms with Crippen LogP contribution in [0.5, 0.6) is 0 Å². The fourth-order valence-electron chi connectivity index (χ4n) is 2.45. The molecule has 0 saturated heterocycles. The number of aromatic nitrogens is 1. The fourth-order valence-corrected chi connectivity index (χ4v) is 3.74. The molecule has 1 heterocycles. The topological polar surface area (TPSA) is 88.2 Å². The molecule has 0 aliphatic carbocycles. The summed E-state index contributed by atoms with van der Waals surface area (Å²) in [6, 6.07) is 14.5. The van der Waals surface area contributed by atoms with Crippen LogP contribution in [0.25, 0.3) is 0 Å². The molecule has 8 heteroatoms. The molecule has 0 aliphatic rings. The number of amides is 1. The van der Waals surface area contributed by atoms with E-state index in [1.165, 1.54) is 30.3 Å². The van der Waals surface area contributed by atoms with Gasteiger partial charge in [0, 0.05) is 24.5 Å². The standard InChI is InChI=1S/C20H18ClN3O3S/c1-14-4-7-17(8-5-14)28(26,27)24-19-11-16(6-9-18(19)21)20(25)23-13-15-3-2-10-22-12-15/h2-12,24H,13H2,1H3,(H,23,25). The van der Waals surface area contributed by atoms with E-state index in [4.69, 9.17) is 11.6 Å². The lowest BCUT2D eigenvalue weighted by molar-refractivity contribution is 0.0951. The largest absolute Gasteiger partial charge is 0.348 e. The van der Waals surface area contributed by atoms with Gasteiger partial charge in [-0.2, -0.15) is 0 Å². The maximum Gasteiger partial charge on any atom is 0.261 e. The van der Waals surface area contributed by atoms with Gasteiger partial charge in [0.05, 0.1) is 15.6 Å². The summed E-state index contributed by atoms with van der Waals surface area (Å²) in [6.07, 6.45) is 3.31. The maximum absolute atomic E-state index is 12.6. The second-order valence-corrected chi connectivity index (χ2v) is 8.25. The highest BCUT2D eigenvalue weighted by molar-refractivity contribution is 7.92.